The molecule has 0 aliphatic carbocycles. The average molecular weight is 214 g/mol. The van der Waals surface area contributed by atoms with E-state index < -0.39 is 7.26 Å². The van der Waals surface area contributed by atoms with E-state index in [1.165, 1.54) is 12.3 Å². The number of rotatable bonds is 4. The molecule has 0 fully saturated rings. The van der Waals surface area contributed by atoms with Crippen LogP contribution in [0.1, 0.15) is 0 Å². The predicted molar refractivity (Wildman–Crippen MR) is 70.2 cm³/mol. The molecule has 1 aromatic carbocycles. The van der Waals surface area contributed by atoms with Crippen LogP contribution in [-0.2, 0) is 0 Å². The molecule has 0 radical (unpaired) electrons. The second-order valence-electron chi connectivity index (χ2n) is 4.10. The molecule has 0 saturated carbocycles. The van der Waals surface area contributed by atoms with E-state index in [2.05, 4.69) is 50.3 Å². The van der Waals surface area contributed by atoms with Crippen molar-refractivity contribution in [1.29, 1.82) is 0 Å². The Balaban J connectivity index is 2.69. The van der Waals surface area contributed by atoms with Gasteiger partial charge in [-0.2, -0.15) is 0 Å². The second kappa shape index (κ2) is 5.08. The molecular formula is C11H20P2. The number of benzene rings is 1. The van der Waals surface area contributed by atoms with Crippen LogP contribution in [0.2, 0.25) is 0 Å². The zero-order chi connectivity index (χ0) is 9.73. The van der Waals surface area contributed by atoms with Crippen LogP contribution in [0.25, 0.3) is 0 Å². The van der Waals surface area contributed by atoms with E-state index in [1.54, 1.807) is 5.30 Å². The summed E-state index contributed by atoms with van der Waals surface area (Å²) in [4.78, 5) is 0. The first-order valence-corrected chi connectivity index (χ1v) is 9.78. The van der Waals surface area contributed by atoms with Crippen molar-refractivity contribution >= 4 is 21.1 Å². The Morgan fingerprint density at radius 2 is 1.77 bits per heavy atom. The van der Waals surface area contributed by atoms with E-state index in [0.29, 0.717) is 0 Å². The van der Waals surface area contributed by atoms with Gasteiger partial charge in [0.1, 0.15) is 0 Å². The van der Waals surface area contributed by atoms with Crippen LogP contribution in [0, 0.1) is 0 Å². The minimum atomic E-state index is -1.09. The van der Waals surface area contributed by atoms with E-state index in [9.17, 15) is 0 Å². The monoisotopic (exact) mass is 214 g/mol. The molecule has 13 heavy (non-hydrogen) atoms. The summed E-state index contributed by atoms with van der Waals surface area (Å²) < 4.78 is 0. The van der Waals surface area contributed by atoms with Gasteiger partial charge in [0, 0.05) is 0 Å². The van der Waals surface area contributed by atoms with Crippen molar-refractivity contribution in [3.05, 3.63) is 30.3 Å². The Bertz CT molecular complexity index is 242. The van der Waals surface area contributed by atoms with Crippen LogP contribution in [0.15, 0.2) is 30.3 Å². The van der Waals surface area contributed by atoms with Crippen molar-refractivity contribution in [3.8, 4) is 0 Å². The summed E-state index contributed by atoms with van der Waals surface area (Å²) >= 11 is 0. The normalized spacial score (nSPS) is 13.8. The summed E-state index contributed by atoms with van der Waals surface area (Å²) in [6.45, 7) is 7.25. The number of hydrogen-bond donors (Lipinski definition) is 0. The van der Waals surface area contributed by atoms with Gasteiger partial charge < -0.3 is 0 Å². The van der Waals surface area contributed by atoms with Gasteiger partial charge in [-0.1, -0.05) is 0 Å². The summed E-state index contributed by atoms with van der Waals surface area (Å²) in [5.74, 6) is 0. The van der Waals surface area contributed by atoms with Crippen LogP contribution in [-0.4, -0.2) is 32.3 Å². The molecule has 2 heteroatoms. The van der Waals surface area contributed by atoms with Gasteiger partial charge in [0.05, 0.1) is 0 Å². The molecule has 0 aromatic heterocycles. The number of hydrogen-bond acceptors (Lipinski definition) is 0. The van der Waals surface area contributed by atoms with Crippen molar-refractivity contribution in [3.63, 3.8) is 0 Å². The maximum atomic E-state index is 2.47. The molecule has 0 spiro atoms. The second-order valence-corrected chi connectivity index (χ2v) is 10.2. The van der Waals surface area contributed by atoms with E-state index in [-0.39, 0.29) is 0 Å². The standard InChI is InChI=1S/C11H20P2/c1-12-9-10-13(2,3)11-7-5-4-6-8-11/h4-8,12-13H,9-10H2,1-3H3. The molecule has 0 saturated heterocycles. The SMILES string of the molecule is CPCC[PH](C)(C)c1ccccc1. The Morgan fingerprint density at radius 1 is 1.15 bits per heavy atom. The summed E-state index contributed by atoms with van der Waals surface area (Å²) in [5.41, 5.74) is 0. The molecular weight excluding hydrogens is 194 g/mol. The Morgan fingerprint density at radius 3 is 2.31 bits per heavy atom. The zero-order valence-electron chi connectivity index (χ0n) is 8.80. The van der Waals surface area contributed by atoms with Crippen LogP contribution in [0.3, 0.4) is 0 Å². The fraction of sp³-hybridized carbons (Fsp3) is 0.455. The van der Waals surface area contributed by atoms with Gasteiger partial charge in [0.2, 0.25) is 0 Å². The topological polar surface area (TPSA) is 0 Å². The van der Waals surface area contributed by atoms with Gasteiger partial charge in [0.25, 0.3) is 0 Å². The minimum absolute atomic E-state index is 1.09. The van der Waals surface area contributed by atoms with Crippen LogP contribution >= 0.6 is 15.8 Å². The summed E-state index contributed by atoms with van der Waals surface area (Å²) in [5, 5.41) is 1.60. The molecule has 0 N–H and O–H groups in total. The molecule has 74 valence electrons. The first-order valence-electron chi connectivity index (χ1n) is 4.87. The van der Waals surface area contributed by atoms with Crippen LogP contribution in [0.4, 0.5) is 0 Å². The molecule has 1 rings (SSSR count). The fourth-order valence-corrected chi connectivity index (χ4v) is 6.35. The van der Waals surface area contributed by atoms with Gasteiger partial charge in [-0.05, 0) is 0 Å². The summed E-state index contributed by atoms with van der Waals surface area (Å²) in [6.07, 6.45) is 2.85. The average Bonchev–Trinajstić information content (AvgIpc) is 2.16. The van der Waals surface area contributed by atoms with Gasteiger partial charge in [-0.25, -0.2) is 0 Å². The first-order chi connectivity index (χ1) is 6.17. The Hall–Kier alpha value is 0.0800. The Kier molecular flexibility index (Phi) is 4.36. The Labute approximate surface area is 84.3 Å². The third-order valence-corrected chi connectivity index (χ3v) is 7.20. The van der Waals surface area contributed by atoms with Gasteiger partial charge in [-0.3, -0.25) is 0 Å². The molecule has 0 aliphatic rings. The third-order valence-electron chi connectivity index (χ3n) is 2.56. The molecule has 0 amide bonds. The third kappa shape index (κ3) is 3.37. The molecule has 0 aliphatic heterocycles. The molecule has 0 bridgehead atoms. The van der Waals surface area contributed by atoms with E-state index >= 15 is 0 Å². The van der Waals surface area contributed by atoms with E-state index in [0.717, 1.165) is 8.58 Å². The van der Waals surface area contributed by atoms with Crippen molar-refractivity contribution in [1.82, 2.24) is 0 Å². The summed E-state index contributed by atoms with van der Waals surface area (Å²) in [7, 11) is 0.0175. The van der Waals surface area contributed by atoms with Crippen molar-refractivity contribution < 1.29 is 0 Å². The van der Waals surface area contributed by atoms with Gasteiger partial charge in [0.15, 0.2) is 0 Å². The first kappa shape index (κ1) is 11.2. The molecule has 1 atom stereocenters. The van der Waals surface area contributed by atoms with E-state index in [1.807, 2.05) is 0 Å². The van der Waals surface area contributed by atoms with Crippen molar-refractivity contribution in [2.75, 3.05) is 32.3 Å². The quantitative estimate of drug-likeness (QED) is 0.676. The maximum absolute atomic E-state index is 2.47. The van der Waals surface area contributed by atoms with Gasteiger partial charge in [-0.15, -0.1) is 0 Å². The fourth-order valence-electron chi connectivity index (χ4n) is 1.47. The molecule has 0 nitrogen and oxygen atoms in total. The van der Waals surface area contributed by atoms with Crippen molar-refractivity contribution in [2.24, 2.45) is 0 Å². The van der Waals surface area contributed by atoms with Gasteiger partial charge >= 0.3 is 83.8 Å². The molecule has 0 heterocycles. The molecule has 1 unspecified atom stereocenters. The zero-order valence-corrected chi connectivity index (χ0v) is 10.8. The predicted octanol–water partition coefficient (Wildman–Crippen LogP) is 2.63. The molecule has 1 aromatic rings. The van der Waals surface area contributed by atoms with Crippen molar-refractivity contribution in [2.45, 2.75) is 0 Å². The van der Waals surface area contributed by atoms with Crippen LogP contribution < -0.4 is 5.30 Å². The van der Waals surface area contributed by atoms with E-state index in [4.69, 9.17) is 0 Å². The van der Waals surface area contributed by atoms with Crippen LogP contribution in [0.5, 0.6) is 0 Å². The summed E-state index contributed by atoms with van der Waals surface area (Å²) in [6, 6.07) is 11.0.